The van der Waals surface area contributed by atoms with Gasteiger partial charge in [0.05, 0.1) is 40.3 Å². The highest BCUT2D eigenvalue weighted by atomic mass is 16.7. The van der Waals surface area contributed by atoms with Crippen molar-refractivity contribution in [3.8, 4) is 0 Å². The molecular formula is C76H125NO8. The van der Waals surface area contributed by atoms with E-state index in [0.717, 1.165) is 128 Å². The lowest BCUT2D eigenvalue weighted by atomic mass is 10.1. The number of ether oxygens (including phenoxy) is 4. The monoisotopic (exact) mass is 1180 g/mol. The molecule has 0 aromatic heterocycles. The number of allylic oxidation sites excluding steroid dienone is 24. The van der Waals surface area contributed by atoms with Crippen LogP contribution in [0, 0.1) is 0 Å². The highest BCUT2D eigenvalue weighted by Crippen LogP contribution is 2.15. The molecule has 0 bridgehead atoms. The van der Waals surface area contributed by atoms with E-state index in [1.165, 1.54) is 96.3 Å². The van der Waals surface area contributed by atoms with Crippen LogP contribution in [0.3, 0.4) is 0 Å². The number of quaternary nitrogens is 1. The number of carbonyl (C=O) groups is 3. The zero-order valence-electron chi connectivity index (χ0n) is 54.9. The highest BCUT2D eigenvalue weighted by Gasteiger charge is 2.22. The van der Waals surface area contributed by atoms with Gasteiger partial charge in [0.15, 0.2) is 12.4 Å². The van der Waals surface area contributed by atoms with Crippen molar-refractivity contribution in [3.63, 3.8) is 0 Å². The van der Waals surface area contributed by atoms with Crippen molar-refractivity contribution in [2.24, 2.45) is 0 Å². The molecule has 9 heteroatoms. The Morgan fingerprint density at radius 2 is 0.671 bits per heavy atom. The Kier molecular flexibility index (Phi) is 61.4. The van der Waals surface area contributed by atoms with Crippen molar-refractivity contribution in [1.29, 1.82) is 0 Å². The maximum absolute atomic E-state index is 12.9. The highest BCUT2D eigenvalue weighted by molar-refractivity contribution is 5.70. The zero-order chi connectivity index (χ0) is 61.9. The van der Waals surface area contributed by atoms with Crippen molar-refractivity contribution in [1.82, 2.24) is 0 Å². The van der Waals surface area contributed by atoms with Gasteiger partial charge in [-0.1, -0.05) is 269 Å². The molecule has 0 saturated carbocycles. The first kappa shape index (κ1) is 80.2. The quantitative estimate of drug-likeness (QED) is 0.0195. The molecule has 0 aromatic carbocycles. The number of hydrogen-bond acceptors (Lipinski definition) is 8. The van der Waals surface area contributed by atoms with Crippen LogP contribution in [-0.4, -0.2) is 82.3 Å². The molecule has 85 heavy (non-hydrogen) atoms. The number of hydrogen-bond donors (Lipinski definition) is 0. The first-order valence-electron chi connectivity index (χ1n) is 34.0. The number of carbonyl (C=O) groups excluding carboxylic acids is 3. The average Bonchev–Trinajstić information content (AvgIpc) is 3.49. The van der Waals surface area contributed by atoms with E-state index in [0.29, 0.717) is 17.4 Å². The van der Waals surface area contributed by atoms with Gasteiger partial charge in [-0.2, -0.15) is 0 Å². The molecule has 0 rings (SSSR count). The van der Waals surface area contributed by atoms with E-state index in [9.17, 15) is 19.5 Å². The number of likely N-dealkylation sites (N-methyl/N-ethyl adjacent to an activating group) is 1. The third-order valence-electron chi connectivity index (χ3n) is 14.1. The van der Waals surface area contributed by atoms with Crippen LogP contribution in [0.2, 0.25) is 0 Å². The van der Waals surface area contributed by atoms with E-state index in [1.54, 1.807) is 0 Å². The molecule has 2 unspecified atom stereocenters. The summed E-state index contributed by atoms with van der Waals surface area (Å²) >= 11 is 0. The predicted molar refractivity (Wildman–Crippen MR) is 361 cm³/mol. The Bertz CT molecular complexity index is 1900. The van der Waals surface area contributed by atoms with E-state index in [-0.39, 0.29) is 38.6 Å². The van der Waals surface area contributed by atoms with E-state index >= 15 is 0 Å². The molecule has 0 aliphatic heterocycles. The number of rotatable bonds is 61. The second-order valence-corrected chi connectivity index (χ2v) is 23.4. The van der Waals surface area contributed by atoms with Gasteiger partial charge < -0.3 is 33.3 Å². The lowest BCUT2D eigenvalue weighted by Crippen LogP contribution is -2.44. The number of unbranched alkanes of at least 4 members (excludes halogenated alkanes) is 22. The molecule has 2 atom stereocenters. The zero-order valence-corrected chi connectivity index (χ0v) is 54.9. The minimum atomic E-state index is -1.63. The lowest BCUT2D eigenvalue weighted by molar-refractivity contribution is -0.870. The molecule has 0 amide bonds. The third kappa shape index (κ3) is 66.5. The van der Waals surface area contributed by atoms with Crippen LogP contribution in [0.15, 0.2) is 146 Å². The summed E-state index contributed by atoms with van der Waals surface area (Å²) in [6, 6.07) is 0. The predicted octanol–water partition coefficient (Wildman–Crippen LogP) is 19.8. The van der Waals surface area contributed by atoms with E-state index < -0.39 is 24.3 Å². The van der Waals surface area contributed by atoms with Crippen LogP contribution in [-0.2, 0) is 33.3 Å². The molecule has 0 aliphatic rings. The Labute approximate surface area is 522 Å². The fourth-order valence-corrected chi connectivity index (χ4v) is 8.89. The average molecular weight is 1180 g/mol. The summed E-state index contributed by atoms with van der Waals surface area (Å²) in [6.07, 6.45) is 92.0. The van der Waals surface area contributed by atoms with Crippen molar-refractivity contribution in [3.05, 3.63) is 146 Å². The Balaban J connectivity index is 4.20. The van der Waals surface area contributed by atoms with Crippen molar-refractivity contribution < 1.29 is 42.9 Å². The second-order valence-electron chi connectivity index (χ2n) is 23.4. The number of nitrogens with zero attached hydrogens (tertiary/aromatic N) is 1. The SMILES string of the molecule is CC/C=C\C/C=C\C/C=C\C/C=C\C/C=C\C/C=C\C/C=C\C/C=C\C/C=C\C/C=C\CCCCCCCCCCC(=O)OC(COC(=O)CCCCCCCCCCC/C=C\C/C=C\CCCCCCC)COC(OCC[N+](C)(C)C)C(=O)[O-]. The van der Waals surface area contributed by atoms with Crippen molar-refractivity contribution in [2.45, 2.75) is 270 Å². The first-order chi connectivity index (χ1) is 41.6. The fraction of sp³-hybridized carbons (Fsp3) is 0.645. The van der Waals surface area contributed by atoms with E-state index in [2.05, 4.69) is 160 Å². The fourth-order valence-electron chi connectivity index (χ4n) is 8.89. The van der Waals surface area contributed by atoms with Gasteiger partial charge in [0.2, 0.25) is 0 Å². The summed E-state index contributed by atoms with van der Waals surface area (Å²) in [5, 5.41) is 11.8. The summed E-state index contributed by atoms with van der Waals surface area (Å²) in [5.74, 6) is -2.31. The third-order valence-corrected chi connectivity index (χ3v) is 14.1. The molecule has 0 N–H and O–H groups in total. The van der Waals surface area contributed by atoms with Crippen LogP contribution < -0.4 is 5.11 Å². The largest absolute Gasteiger partial charge is 0.545 e. The molecule has 0 aliphatic carbocycles. The van der Waals surface area contributed by atoms with E-state index in [4.69, 9.17) is 18.9 Å². The van der Waals surface area contributed by atoms with Crippen LogP contribution in [0.25, 0.3) is 0 Å². The van der Waals surface area contributed by atoms with Crippen molar-refractivity contribution in [2.75, 3.05) is 47.5 Å². The maximum atomic E-state index is 12.9. The standard InChI is InChI=1S/C76H125NO8/c1-6-8-10-12-14-16-18-20-22-24-26-28-29-30-31-32-33-34-35-36-37-38-39-40-41-42-43-44-45-47-49-51-53-55-57-59-61-63-65-67-74(79)85-72(71-84-76(75(80)81)82-69-68-77(3,4)5)70-83-73(78)66-64-62-60-58-56-54-52-50-48-46-27-25-23-21-19-17-15-13-11-9-7-2/h8,10,14,16,19-22,25-28,30-31,33-34,36-37,39-40,42-43,45,47,72,76H,6-7,9,11-13,15,17-18,23-24,29,32,35,38,41,44,46,48-71H2,1-5H3/b10-8-,16-14-,21-19-,22-20-,27-25-,28-26-,31-30-,34-33-,37-36-,40-39-,43-42-,47-45-. The van der Waals surface area contributed by atoms with Gasteiger partial charge in [0, 0.05) is 12.8 Å². The molecule has 0 spiro atoms. The Hall–Kier alpha value is -4.83. The molecule has 0 aromatic rings. The van der Waals surface area contributed by atoms with Gasteiger partial charge in [0.1, 0.15) is 13.2 Å². The number of carboxylic acids is 1. The van der Waals surface area contributed by atoms with Gasteiger partial charge in [0.25, 0.3) is 0 Å². The van der Waals surface area contributed by atoms with Crippen LogP contribution in [0.5, 0.6) is 0 Å². The second kappa shape index (κ2) is 65.2. The number of aliphatic carboxylic acids is 1. The summed E-state index contributed by atoms with van der Waals surface area (Å²) < 4.78 is 22.7. The van der Waals surface area contributed by atoms with Crippen LogP contribution >= 0.6 is 0 Å². The van der Waals surface area contributed by atoms with Gasteiger partial charge in [-0.15, -0.1) is 0 Å². The summed E-state index contributed by atoms with van der Waals surface area (Å²) in [4.78, 5) is 37.4. The van der Waals surface area contributed by atoms with Gasteiger partial charge >= 0.3 is 11.9 Å². The van der Waals surface area contributed by atoms with Gasteiger partial charge in [-0.05, 0) is 122 Å². The normalized spacial score (nSPS) is 13.7. The van der Waals surface area contributed by atoms with Crippen molar-refractivity contribution >= 4 is 17.9 Å². The lowest BCUT2D eigenvalue weighted by Gasteiger charge is -2.26. The molecule has 0 saturated heterocycles. The summed E-state index contributed by atoms with van der Waals surface area (Å²) in [7, 11) is 5.91. The Morgan fingerprint density at radius 3 is 1.00 bits per heavy atom. The van der Waals surface area contributed by atoms with Crippen LogP contribution in [0.1, 0.15) is 258 Å². The van der Waals surface area contributed by atoms with E-state index in [1.807, 2.05) is 21.1 Å². The summed E-state index contributed by atoms with van der Waals surface area (Å²) in [6.45, 7) is 4.60. The van der Waals surface area contributed by atoms with Gasteiger partial charge in [-0.3, -0.25) is 9.59 Å². The molecule has 9 nitrogen and oxygen atoms in total. The topological polar surface area (TPSA) is 111 Å². The molecular weight excluding hydrogens is 1050 g/mol. The Morgan fingerprint density at radius 1 is 0.365 bits per heavy atom. The minimum absolute atomic E-state index is 0.138. The minimum Gasteiger partial charge on any atom is -0.545 e. The molecule has 0 radical (unpaired) electrons. The number of esters is 2. The summed E-state index contributed by atoms with van der Waals surface area (Å²) in [5.41, 5.74) is 0. The molecule has 482 valence electrons. The molecule has 0 fully saturated rings. The smallest absolute Gasteiger partial charge is 0.306 e. The van der Waals surface area contributed by atoms with Gasteiger partial charge in [-0.25, -0.2) is 0 Å². The number of carboxylic acid groups (broad SMARTS) is 1. The van der Waals surface area contributed by atoms with Crippen LogP contribution in [0.4, 0.5) is 0 Å². The maximum Gasteiger partial charge on any atom is 0.306 e. The first-order valence-corrected chi connectivity index (χ1v) is 34.0. The molecule has 0 heterocycles.